The first-order chi connectivity index (χ1) is 9.06. The molecule has 1 saturated carbocycles. The standard InChI is InChI=1S/C14H16N2O3/c1-8(17)16-7-9-6-11(15-10-2-3-10)4-5-12(9)13(16)14(18)19/h4-6,10,13,15H,2-3,7H2,1H3,(H,18,19). The fourth-order valence-electron chi connectivity index (χ4n) is 2.56. The molecule has 0 radical (unpaired) electrons. The van der Waals surface area contributed by atoms with Crippen molar-refractivity contribution in [2.75, 3.05) is 5.32 Å². The summed E-state index contributed by atoms with van der Waals surface area (Å²) < 4.78 is 0. The molecule has 1 aliphatic heterocycles. The van der Waals surface area contributed by atoms with Gasteiger partial charge in [0.15, 0.2) is 6.04 Å². The Labute approximate surface area is 111 Å². The van der Waals surface area contributed by atoms with Crippen LogP contribution in [0.25, 0.3) is 0 Å². The van der Waals surface area contributed by atoms with Crippen LogP contribution in [-0.2, 0) is 16.1 Å². The monoisotopic (exact) mass is 260 g/mol. The zero-order valence-electron chi connectivity index (χ0n) is 10.7. The lowest BCUT2D eigenvalue weighted by molar-refractivity contribution is -0.149. The maximum Gasteiger partial charge on any atom is 0.331 e. The summed E-state index contributed by atoms with van der Waals surface area (Å²) >= 11 is 0. The summed E-state index contributed by atoms with van der Waals surface area (Å²) in [5.74, 6) is -1.18. The van der Waals surface area contributed by atoms with Crippen LogP contribution < -0.4 is 5.32 Å². The number of benzene rings is 1. The van der Waals surface area contributed by atoms with Crippen molar-refractivity contribution < 1.29 is 14.7 Å². The third-order valence-electron chi connectivity index (χ3n) is 3.68. The number of carboxylic acid groups (broad SMARTS) is 1. The average Bonchev–Trinajstić information content (AvgIpc) is 3.06. The van der Waals surface area contributed by atoms with Crippen molar-refractivity contribution >= 4 is 17.6 Å². The van der Waals surface area contributed by atoms with Gasteiger partial charge in [-0.05, 0) is 36.1 Å². The summed E-state index contributed by atoms with van der Waals surface area (Å²) in [5, 5.41) is 12.7. The first-order valence-corrected chi connectivity index (χ1v) is 6.45. The maximum absolute atomic E-state index is 11.5. The minimum Gasteiger partial charge on any atom is -0.479 e. The number of carboxylic acids is 1. The summed E-state index contributed by atoms with van der Waals surface area (Å²) in [5.41, 5.74) is 2.66. The van der Waals surface area contributed by atoms with E-state index in [1.807, 2.05) is 18.2 Å². The summed E-state index contributed by atoms with van der Waals surface area (Å²) in [6.45, 7) is 1.78. The number of aliphatic carboxylic acids is 1. The fraction of sp³-hybridized carbons (Fsp3) is 0.429. The molecule has 2 N–H and O–H groups in total. The molecule has 1 amide bonds. The number of anilines is 1. The Balaban J connectivity index is 1.92. The van der Waals surface area contributed by atoms with Crippen molar-refractivity contribution in [1.82, 2.24) is 4.90 Å². The Morgan fingerprint density at radius 1 is 1.37 bits per heavy atom. The molecule has 5 heteroatoms. The fourth-order valence-corrected chi connectivity index (χ4v) is 2.56. The van der Waals surface area contributed by atoms with E-state index >= 15 is 0 Å². The van der Waals surface area contributed by atoms with Gasteiger partial charge in [0, 0.05) is 25.2 Å². The Morgan fingerprint density at radius 2 is 2.11 bits per heavy atom. The van der Waals surface area contributed by atoms with E-state index in [9.17, 15) is 14.7 Å². The molecular formula is C14H16N2O3. The number of carbonyl (C=O) groups excluding carboxylic acids is 1. The summed E-state index contributed by atoms with van der Waals surface area (Å²) in [6.07, 6.45) is 2.38. The molecule has 3 rings (SSSR count). The second kappa shape index (κ2) is 4.26. The minimum absolute atomic E-state index is 0.208. The molecule has 0 saturated heterocycles. The van der Waals surface area contributed by atoms with Gasteiger partial charge in [-0.2, -0.15) is 0 Å². The first-order valence-electron chi connectivity index (χ1n) is 6.45. The largest absolute Gasteiger partial charge is 0.479 e. The lowest BCUT2D eigenvalue weighted by atomic mass is 10.0. The van der Waals surface area contributed by atoms with Crippen molar-refractivity contribution in [2.45, 2.75) is 38.4 Å². The number of rotatable bonds is 3. The topological polar surface area (TPSA) is 69.6 Å². The van der Waals surface area contributed by atoms with Gasteiger partial charge in [0.05, 0.1) is 0 Å². The number of amides is 1. The molecule has 1 heterocycles. The van der Waals surface area contributed by atoms with Crippen LogP contribution >= 0.6 is 0 Å². The number of nitrogens with zero attached hydrogens (tertiary/aromatic N) is 1. The number of fused-ring (bicyclic) bond motifs is 1. The molecule has 1 aromatic rings. The molecule has 1 atom stereocenters. The second-order valence-corrected chi connectivity index (χ2v) is 5.22. The van der Waals surface area contributed by atoms with E-state index in [2.05, 4.69) is 5.32 Å². The van der Waals surface area contributed by atoms with Crippen molar-refractivity contribution in [3.8, 4) is 0 Å². The van der Waals surface area contributed by atoms with E-state index in [4.69, 9.17) is 0 Å². The van der Waals surface area contributed by atoms with Gasteiger partial charge < -0.3 is 15.3 Å². The van der Waals surface area contributed by atoms with Crippen molar-refractivity contribution in [3.63, 3.8) is 0 Å². The molecule has 1 aromatic carbocycles. The molecule has 0 aromatic heterocycles. The van der Waals surface area contributed by atoms with Gasteiger partial charge in [0.1, 0.15) is 0 Å². The molecule has 19 heavy (non-hydrogen) atoms. The quantitative estimate of drug-likeness (QED) is 0.868. The van der Waals surface area contributed by atoms with Crippen LogP contribution in [0.1, 0.15) is 36.9 Å². The highest BCUT2D eigenvalue weighted by atomic mass is 16.4. The highest BCUT2D eigenvalue weighted by Crippen LogP contribution is 2.36. The van der Waals surface area contributed by atoms with Crippen LogP contribution in [0.15, 0.2) is 18.2 Å². The SMILES string of the molecule is CC(=O)N1Cc2cc(NC3CC3)ccc2C1C(=O)O. The molecule has 2 aliphatic rings. The van der Waals surface area contributed by atoms with Crippen molar-refractivity contribution in [3.05, 3.63) is 29.3 Å². The summed E-state index contributed by atoms with van der Waals surface area (Å²) in [7, 11) is 0. The molecule has 1 unspecified atom stereocenters. The molecule has 0 bridgehead atoms. The Hall–Kier alpha value is -2.04. The van der Waals surface area contributed by atoms with E-state index in [0.29, 0.717) is 12.6 Å². The van der Waals surface area contributed by atoms with E-state index in [1.54, 1.807) is 0 Å². The lowest BCUT2D eigenvalue weighted by Gasteiger charge is -2.19. The van der Waals surface area contributed by atoms with Crippen LogP contribution in [0.5, 0.6) is 0 Å². The molecule has 100 valence electrons. The number of hydrogen-bond acceptors (Lipinski definition) is 3. The number of nitrogens with one attached hydrogen (secondary N) is 1. The number of hydrogen-bond donors (Lipinski definition) is 2. The third kappa shape index (κ3) is 2.16. The first kappa shape index (κ1) is 12.0. The van der Waals surface area contributed by atoms with Gasteiger partial charge in [-0.3, -0.25) is 4.79 Å². The van der Waals surface area contributed by atoms with Crippen LogP contribution in [0.2, 0.25) is 0 Å². The van der Waals surface area contributed by atoms with Gasteiger partial charge in [0.2, 0.25) is 5.91 Å². The molecule has 1 fully saturated rings. The van der Waals surface area contributed by atoms with Gasteiger partial charge in [0.25, 0.3) is 0 Å². The predicted octanol–water partition coefficient (Wildman–Crippen LogP) is 1.75. The minimum atomic E-state index is -0.975. The number of carbonyl (C=O) groups is 2. The smallest absolute Gasteiger partial charge is 0.331 e. The zero-order valence-corrected chi connectivity index (χ0v) is 10.7. The van der Waals surface area contributed by atoms with Gasteiger partial charge in [-0.1, -0.05) is 6.07 Å². The summed E-state index contributed by atoms with van der Waals surface area (Å²) in [4.78, 5) is 24.3. The van der Waals surface area contributed by atoms with Gasteiger partial charge in [-0.25, -0.2) is 4.79 Å². The van der Waals surface area contributed by atoms with Crippen LogP contribution in [0, 0.1) is 0 Å². The zero-order chi connectivity index (χ0) is 13.6. The highest BCUT2D eigenvalue weighted by molar-refractivity contribution is 5.85. The Kier molecular flexibility index (Phi) is 2.69. The van der Waals surface area contributed by atoms with Crippen LogP contribution in [0.3, 0.4) is 0 Å². The van der Waals surface area contributed by atoms with E-state index in [0.717, 1.165) is 16.8 Å². The van der Waals surface area contributed by atoms with Gasteiger partial charge in [-0.15, -0.1) is 0 Å². The molecule has 5 nitrogen and oxygen atoms in total. The average molecular weight is 260 g/mol. The Bertz CT molecular complexity index is 552. The van der Waals surface area contributed by atoms with Crippen LogP contribution in [0.4, 0.5) is 5.69 Å². The third-order valence-corrected chi connectivity index (χ3v) is 3.68. The second-order valence-electron chi connectivity index (χ2n) is 5.22. The van der Waals surface area contributed by atoms with Crippen molar-refractivity contribution in [1.29, 1.82) is 0 Å². The molecule has 1 aliphatic carbocycles. The predicted molar refractivity (Wildman–Crippen MR) is 69.7 cm³/mol. The van der Waals surface area contributed by atoms with Crippen LogP contribution in [-0.4, -0.2) is 27.9 Å². The lowest BCUT2D eigenvalue weighted by Crippen LogP contribution is -2.31. The molecular weight excluding hydrogens is 244 g/mol. The van der Waals surface area contributed by atoms with E-state index in [1.165, 1.54) is 24.7 Å². The van der Waals surface area contributed by atoms with Crippen molar-refractivity contribution in [2.24, 2.45) is 0 Å². The summed E-state index contributed by atoms with van der Waals surface area (Å²) in [6, 6.07) is 5.39. The normalized spacial score (nSPS) is 21.1. The maximum atomic E-state index is 11.5. The highest BCUT2D eigenvalue weighted by Gasteiger charge is 2.37. The Morgan fingerprint density at radius 3 is 2.68 bits per heavy atom. The van der Waals surface area contributed by atoms with E-state index < -0.39 is 12.0 Å². The molecule has 0 spiro atoms. The van der Waals surface area contributed by atoms with E-state index in [-0.39, 0.29) is 5.91 Å². The van der Waals surface area contributed by atoms with Gasteiger partial charge >= 0.3 is 5.97 Å².